The predicted octanol–water partition coefficient (Wildman–Crippen LogP) is 3.28. The van der Waals surface area contributed by atoms with Gasteiger partial charge in [-0.25, -0.2) is 0 Å². The van der Waals surface area contributed by atoms with Gasteiger partial charge in [-0.1, -0.05) is 64.2 Å². The first-order valence-electron chi connectivity index (χ1n) is 13.3. The van der Waals surface area contributed by atoms with Crippen LogP contribution in [0.25, 0.3) is 0 Å². The molecule has 0 bridgehead atoms. The van der Waals surface area contributed by atoms with Crippen LogP contribution >= 0.6 is 11.8 Å². The lowest BCUT2D eigenvalue weighted by Gasteiger charge is -2.27. The van der Waals surface area contributed by atoms with Crippen molar-refractivity contribution >= 4 is 35.4 Å². The second-order valence-corrected chi connectivity index (χ2v) is 11.7. The zero-order chi connectivity index (χ0) is 28.8. The average molecular weight is 547 g/mol. The Labute approximate surface area is 232 Å². The molecule has 0 spiro atoms. The average Bonchev–Trinajstić information content (AvgIpc) is 2.83. The van der Waals surface area contributed by atoms with Crippen molar-refractivity contribution in [2.24, 2.45) is 17.8 Å². The fourth-order valence-electron chi connectivity index (χ4n) is 3.86. The molecule has 0 radical (unpaired) electrons. The summed E-state index contributed by atoms with van der Waals surface area (Å²) in [5.74, 6) is -0.483. The Bertz CT molecular complexity index is 939. The van der Waals surface area contributed by atoms with E-state index in [9.17, 15) is 19.2 Å². The summed E-state index contributed by atoms with van der Waals surface area (Å²) < 4.78 is 0. The zero-order valence-corrected chi connectivity index (χ0v) is 24.7. The van der Waals surface area contributed by atoms with Gasteiger partial charge in [0.05, 0.1) is 5.92 Å². The van der Waals surface area contributed by atoms with Crippen LogP contribution in [0.5, 0.6) is 0 Å². The van der Waals surface area contributed by atoms with Crippen molar-refractivity contribution in [1.29, 1.82) is 0 Å². The number of carbonyl (C=O) groups excluding carboxylic acids is 4. The van der Waals surface area contributed by atoms with Crippen LogP contribution < -0.4 is 21.3 Å². The van der Waals surface area contributed by atoms with Crippen molar-refractivity contribution in [2.45, 2.75) is 73.0 Å². The second-order valence-electron chi connectivity index (χ2n) is 10.5. The van der Waals surface area contributed by atoms with E-state index >= 15 is 0 Å². The highest BCUT2D eigenvalue weighted by molar-refractivity contribution is 7.99. The largest absolute Gasteiger partial charge is 0.352 e. The number of amides is 4. The molecule has 4 amide bonds. The second kappa shape index (κ2) is 16.9. The Morgan fingerprint density at radius 1 is 1.16 bits per heavy atom. The van der Waals surface area contributed by atoms with Crippen LogP contribution in [0.1, 0.15) is 54.9 Å². The van der Waals surface area contributed by atoms with Gasteiger partial charge in [-0.15, -0.1) is 0 Å². The molecule has 0 saturated carbocycles. The predicted molar refractivity (Wildman–Crippen MR) is 156 cm³/mol. The van der Waals surface area contributed by atoms with Crippen LogP contribution in [0.3, 0.4) is 0 Å². The summed E-state index contributed by atoms with van der Waals surface area (Å²) in [6.07, 6.45) is 9.54. The van der Waals surface area contributed by atoms with Crippen LogP contribution in [-0.2, 0) is 19.2 Å². The normalized spacial score (nSPS) is 22.3. The molecule has 4 atom stereocenters. The van der Waals surface area contributed by atoms with Gasteiger partial charge in [0.1, 0.15) is 12.1 Å². The third-order valence-corrected chi connectivity index (χ3v) is 7.10. The van der Waals surface area contributed by atoms with Gasteiger partial charge in [-0.2, -0.15) is 11.8 Å². The van der Waals surface area contributed by atoms with Crippen molar-refractivity contribution in [3.8, 4) is 0 Å². The Kier molecular flexibility index (Phi) is 14.8. The Balaban J connectivity index is 2.97. The van der Waals surface area contributed by atoms with E-state index in [0.717, 1.165) is 12.0 Å². The summed E-state index contributed by atoms with van der Waals surface area (Å²) in [6, 6.07) is -1.99. The van der Waals surface area contributed by atoms with Crippen LogP contribution in [0.2, 0.25) is 0 Å². The van der Waals surface area contributed by atoms with Crippen molar-refractivity contribution in [2.75, 3.05) is 18.1 Å². The number of carbonyl (C=O) groups is 4. The maximum Gasteiger partial charge on any atom is 0.243 e. The third-order valence-electron chi connectivity index (χ3n) is 6.04. The number of thioether (sulfide) groups is 1. The molecule has 0 aromatic carbocycles. The van der Waals surface area contributed by atoms with Gasteiger partial charge in [0.25, 0.3) is 0 Å². The molecule has 0 unspecified atom stereocenters. The van der Waals surface area contributed by atoms with Crippen LogP contribution in [0.15, 0.2) is 48.1 Å². The minimum absolute atomic E-state index is 0.200. The Morgan fingerprint density at radius 2 is 1.84 bits per heavy atom. The third kappa shape index (κ3) is 12.2. The lowest BCUT2D eigenvalue weighted by atomic mass is 9.96. The van der Waals surface area contributed by atoms with Crippen LogP contribution in [0.4, 0.5) is 0 Å². The van der Waals surface area contributed by atoms with Gasteiger partial charge >= 0.3 is 0 Å². The summed E-state index contributed by atoms with van der Waals surface area (Å²) in [5, 5.41) is 11.3. The first-order valence-corrected chi connectivity index (χ1v) is 14.5. The quantitative estimate of drug-likeness (QED) is 0.314. The smallest absolute Gasteiger partial charge is 0.243 e. The maximum absolute atomic E-state index is 13.3. The first kappa shape index (κ1) is 33.2. The summed E-state index contributed by atoms with van der Waals surface area (Å²) in [5.41, 5.74) is 1.98. The lowest BCUT2D eigenvalue weighted by molar-refractivity contribution is -0.133. The number of allylic oxidation sites excluding steroid dienone is 4. The molecule has 1 rings (SSSR count). The molecular formula is C29H46N4O4S. The van der Waals surface area contributed by atoms with Crippen molar-refractivity contribution < 1.29 is 19.2 Å². The number of hydrogen-bond acceptors (Lipinski definition) is 5. The van der Waals surface area contributed by atoms with Crippen molar-refractivity contribution in [3.63, 3.8) is 0 Å². The molecule has 9 heteroatoms. The van der Waals surface area contributed by atoms with Crippen LogP contribution in [0, 0.1) is 17.8 Å². The Morgan fingerprint density at radius 3 is 2.45 bits per heavy atom. The molecule has 0 saturated heterocycles. The molecule has 0 fully saturated rings. The lowest BCUT2D eigenvalue weighted by Crippen LogP contribution is -2.57. The fraction of sp³-hybridized carbons (Fsp3) is 0.586. The van der Waals surface area contributed by atoms with Gasteiger partial charge in [0, 0.05) is 30.2 Å². The van der Waals surface area contributed by atoms with Crippen LogP contribution in [-0.4, -0.2) is 59.8 Å². The number of rotatable bonds is 10. The molecule has 1 aliphatic heterocycles. The maximum atomic E-state index is 13.3. The molecular weight excluding hydrogens is 500 g/mol. The van der Waals surface area contributed by atoms with E-state index in [2.05, 4.69) is 48.6 Å². The Hall–Kier alpha value is -2.81. The minimum Gasteiger partial charge on any atom is -0.352 e. The van der Waals surface area contributed by atoms with E-state index in [-0.39, 0.29) is 29.7 Å². The van der Waals surface area contributed by atoms with Gasteiger partial charge in [-0.3, -0.25) is 19.2 Å². The molecule has 1 heterocycles. The van der Waals surface area contributed by atoms with E-state index in [4.69, 9.17) is 0 Å². The molecule has 0 aromatic rings. The molecule has 4 N–H and O–H groups in total. The molecule has 0 aromatic heterocycles. The molecule has 212 valence electrons. The molecule has 8 nitrogen and oxygen atoms in total. The van der Waals surface area contributed by atoms with Crippen molar-refractivity contribution in [3.05, 3.63) is 48.1 Å². The standard InChI is InChI=1S/C29H46N4O4S/c1-9-23(12-10-20(6)16-18(2)3)22(8)27(35)33-26(19(4)5)29(37)32-24-17-38-15-14-30-25(34)13-11-21(7)31-28(24)36/h9-13,18-19,21-22,24,26H,1,14-17H2,2-8H3,(H,30,34)(H,31,36)(H,32,37)(H,33,35)/b13-11+,20-10+,23-12+/t21-,22-,24-,26-/m0/s1. The van der Waals surface area contributed by atoms with E-state index < -0.39 is 23.9 Å². The highest BCUT2D eigenvalue weighted by Crippen LogP contribution is 2.16. The fourth-order valence-corrected chi connectivity index (χ4v) is 4.74. The summed E-state index contributed by atoms with van der Waals surface area (Å²) >= 11 is 1.46. The van der Waals surface area contributed by atoms with Crippen molar-refractivity contribution in [1.82, 2.24) is 21.3 Å². The minimum atomic E-state index is -0.815. The van der Waals surface area contributed by atoms with E-state index in [1.54, 1.807) is 26.0 Å². The zero-order valence-electron chi connectivity index (χ0n) is 23.9. The summed E-state index contributed by atoms with van der Waals surface area (Å²) in [4.78, 5) is 51.1. The van der Waals surface area contributed by atoms with E-state index in [1.165, 1.54) is 23.4 Å². The van der Waals surface area contributed by atoms with Gasteiger partial charge < -0.3 is 21.3 Å². The van der Waals surface area contributed by atoms with Gasteiger partial charge in [-0.05, 0) is 44.6 Å². The summed E-state index contributed by atoms with van der Waals surface area (Å²) in [6.45, 7) is 17.9. The number of hydrogen-bond donors (Lipinski definition) is 4. The summed E-state index contributed by atoms with van der Waals surface area (Å²) in [7, 11) is 0. The van der Waals surface area contributed by atoms with Gasteiger partial charge in [0.15, 0.2) is 0 Å². The molecule has 38 heavy (non-hydrogen) atoms. The topological polar surface area (TPSA) is 116 Å². The monoisotopic (exact) mass is 546 g/mol. The highest BCUT2D eigenvalue weighted by Gasteiger charge is 2.30. The number of nitrogens with one attached hydrogen (secondary N) is 4. The van der Waals surface area contributed by atoms with E-state index in [0.29, 0.717) is 24.0 Å². The molecule has 0 aliphatic carbocycles. The SMILES string of the molecule is C=C/C(=C\C=C(/C)CC(C)C)[C@H](C)C(=O)N[C@H](C(=O)N[C@H]1CSCCNC(=O)/C=C/[C@H](C)NC1=O)C(C)C. The molecule has 1 aliphatic rings. The first-order chi connectivity index (χ1) is 17.8. The highest BCUT2D eigenvalue weighted by atomic mass is 32.2. The van der Waals surface area contributed by atoms with Gasteiger partial charge in [0.2, 0.25) is 23.6 Å². The van der Waals surface area contributed by atoms with E-state index in [1.807, 2.05) is 26.0 Å².